The fourth-order valence-corrected chi connectivity index (χ4v) is 2.63. The Morgan fingerprint density at radius 2 is 2.23 bits per heavy atom. The molecule has 2 heteroatoms. The smallest absolute Gasteiger partial charge is 0.0467 e. The van der Waals surface area contributed by atoms with Gasteiger partial charge in [-0.15, -0.1) is 0 Å². The average molecular weight is 174 g/mol. The number of rotatable bonds is 0. The van der Waals surface area contributed by atoms with Crippen molar-refractivity contribution in [2.24, 2.45) is 0 Å². The van der Waals surface area contributed by atoms with Crippen molar-refractivity contribution in [1.29, 1.82) is 0 Å². The second-order valence-corrected chi connectivity index (χ2v) is 4.05. The van der Waals surface area contributed by atoms with Crippen molar-refractivity contribution in [3.8, 4) is 0 Å². The molecule has 2 aliphatic rings. The van der Waals surface area contributed by atoms with Gasteiger partial charge in [0.1, 0.15) is 0 Å². The average Bonchev–Trinajstić information content (AvgIpc) is 2.62. The minimum Gasteiger partial charge on any atom is -0.380 e. The fraction of sp³-hybridized carbons (Fsp3) is 0.455. The highest BCUT2D eigenvalue weighted by atomic mass is 15.1. The predicted molar refractivity (Wildman–Crippen MR) is 54.2 cm³/mol. The maximum atomic E-state index is 3.57. The molecule has 1 aromatic carbocycles. The highest BCUT2D eigenvalue weighted by Gasteiger charge is 2.36. The van der Waals surface area contributed by atoms with Crippen LogP contribution in [0.4, 0.5) is 5.69 Å². The molecule has 2 unspecified atom stereocenters. The summed E-state index contributed by atoms with van der Waals surface area (Å²) in [4.78, 5) is 0. The Labute approximate surface area is 78.3 Å². The molecule has 2 heterocycles. The van der Waals surface area contributed by atoms with Crippen LogP contribution in [0.25, 0.3) is 0 Å². The summed E-state index contributed by atoms with van der Waals surface area (Å²) in [6, 6.07) is 7.17. The van der Waals surface area contributed by atoms with E-state index in [1.54, 1.807) is 0 Å². The van der Waals surface area contributed by atoms with Crippen LogP contribution in [0.2, 0.25) is 0 Å². The number of aryl methyl sites for hydroxylation is 1. The largest absolute Gasteiger partial charge is 0.380 e. The van der Waals surface area contributed by atoms with Gasteiger partial charge in [0, 0.05) is 30.7 Å². The van der Waals surface area contributed by atoms with E-state index in [9.17, 15) is 0 Å². The van der Waals surface area contributed by atoms with Crippen LogP contribution in [-0.4, -0.2) is 19.1 Å². The third kappa shape index (κ3) is 0.923. The standard InChI is InChI=1S/C11H14N2/c1-7-3-2-4-9-11(7)8-5-12-6-10(8)13-9/h2-4,8,10,12-13H,5-6H2,1H3. The van der Waals surface area contributed by atoms with E-state index in [-0.39, 0.29) is 0 Å². The van der Waals surface area contributed by atoms with Crippen molar-refractivity contribution in [3.63, 3.8) is 0 Å². The zero-order valence-electron chi connectivity index (χ0n) is 7.80. The van der Waals surface area contributed by atoms with Crippen molar-refractivity contribution >= 4 is 5.69 Å². The van der Waals surface area contributed by atoms with Gasteiger partial charge in [-0.2, -0.15) is 0 Å². The number of nitrogens with one attached hydrogen (secondary N) is 2. The lowest BCUT2D eigenvalue weighted by Crippen LogP contribution is -2.20. The van der Waals surface area contributed by atoms with Gasteiger partial charge in [0.15, 0.2) is 0 Å². The SMILES string of the molecule is Cc1cccc2c1C1CNCC1N2. The Kier molecular flexibility index (Phi) is 1.41. The van der Waals surface area contributed by atoms with Gasteiger partial charge in [0.2, 0.25) is 0 Å². The number of hydrogen-bond donors (Lipinski definition) is 2. The number of anilines is 1. The van der Waals surface area contributed by atoms with E-state index in [1.807, 2.05) is 0 Å². The number of fused-ring (bicyclic) bond motifs is 3. The van der Waals surface area contributed by atoms with Crippen LogP contribution in [0.3, 0.4) is 0 Å². The minimum absolute atomic E-state index is 0.635. The molecule has 2 aliphatic heterocycles. The molecule has 0 radical (unpaired) electrons. The van der Waals surface area contributed by atoms with E-state index in [1.165, 1.54) is 16.8 Å². The first-order valence-corrected chi connectivity index (χ1v) is 4.93. The molecular formula is C11H14N2. The maximum Gasteiger partial charge on any atom is 0.0467 e. The van der Waals surface area contributed by atoms with Gasteiger partial charge in [-0.25, -0.2) is 0 Å². The molecule has 2 nitrogen and oxygen atoms in total. The molecule has 3 rings (SSSR count). The summed E-state index contributed by atoms with van der Waals surface area (Å²) in [6.07, 6.45) is 0. The Bertz CT molecular complexity index is 346. The van der Waals surface area contributed by atoms with Crippen LogP contribution in [0, 0.1) is 6.92 Å². The fourth-order valence-electron chi connectivity index (χ4n) is 2.63. The van der Waals surface area contributed by atoms with E-state index in [0.717, 1.165) is 13.1 Å². The van der Waals surface area contributed by atoms with Gasteiger partial charge in [0.25, 0.3) is 0 Å². The zero-order valence-corrected chi connectivity index (χ0v) is 7.80. The van der Waals surface area contributed by atoms with E-state index in [2.05, 4.69) is 35.8 Å². The summed E-state index contributed by atoms with van der Waals surface area (Å²) in [7, 11) is 0. The van der Waals surface area contributed by atoms with Crippen LogP contribution in [-0.2, 0) is 0 Å². The summed E-state index contributed by atoms with van der Waals surface area (Å²) in [5, 5.41) is 7.00. The van der Waals surface area contributed by atoms with Crippen LogP contribution in [0.1, 0.15) is 17.0 Å². The third-order valence-corrected chi connectivity index (χ3v) is 3.25. The zero-order chi connectivity index (χ0) is 8.84. The molecule has 1 fully saturated rings. The van der Waals surface area contributed by atoms with Gasteiger partial charge in [0.05, 0.1) is 0 Å². The van der Waals surface area contributed by atoms with Gasteiger partial charge in [-0.1, -0.05) is 12.1 Å². The summed E-state index contributed by atoms with van der Waals surface area (Å²) < 4.78 is 0. The normalized spacial score (nSPS) is 29.6. The summed E-state index contributed by atoms with van der Waals surface area (Å²) in [5.41, 5.74) is 4.33. The molecular weight excluding hydrogens is 160 g/mol. The first-order chi connectivity index (χ1) is 6.36. The minimum atomic E-state index is 0.635. The van der Waals surface area contributed by atoms with Crippen molar-refractivity contribution < 1.29 is 0 Å². The highest BCUT2D eigenvalue weighted by Crippen LogP contribution is 2.39. The monoisotopic (exact) mass is 174 g/mol. The molecule has 13 heavy (non-hydrogen) atoms. The maximum absolute atomic E-state index is 3.57. The van der Waals surface area contributed by atoms with Crippen LogP contribution >= 0.6 is 0 Å². The highest BCUT2D eigenvalue weighted by molar-refractivity contribution is 5.63. The molecule has 0 aromatic heterocycles. The molecule has 68 valence electrons. The molecule has 1 saturated heterocycles. The molecule has 1 aromatic rings. The van der Waals surface area contributed by atoms with Crippen molar-refractivity contribution in [1.82, 2.24) is 5.32 Å². The lowest BCUT2D eigenvalue weighted by Gasteiger charge is -2.08. The Balaban J connectivity index is 2.14. The van der Waals surface area contributed by atoms with Gasteiger partial charge in [-0.3, -0.25) is 0 Å². The molecule has 0 spiro atoms. The lowest BCUT2D eigenvalue weighted by molar-refractivity contribution is 0.732. The van der Waals surface area contributed by atoms with Gasteiger partial charge in [-0.05, 0) is 24.1 Å². The number of hydrogen-bond acceptors (Lipinski definition) is 2. The van der Waals surface area contributed by atoms with Crippen molar-refractivity contribution in [3.05, 3.63) is 29.3 Å². The van der Waals surface area contributed by atoms with Gasteiger partial charge >= 0.3 is 0 Å². The van der Waals surface area contributed by atoms with E-state index < -0.39 is 0 Å². The van der Waals surface area contributed by atoms with Crippen LogP contribution in [0.5, 0.6) is 0 Å². The summed E-state index contributed by atoms with van der Waals surface area (Å²) >= 11 is 0. The van der Waals surface area contributed by atoms with E-state index in [4.69, 9.17) is 0 Å². The van der Waals surface area contributed by atoms with Crippen molar-refractivity contribution in [2.45, 2.75) is 18.9 Å². The second kappa shape index (κ2) is 2.48. The van der Waals surface area contributed by atoms with Crippen molar-refractivity contribution in [2.75, 3.05) is 18.4 Å². The van der Waals surface area contributed by atoms with E-state index in [0.29, 0.717) is 12.0 Å². The van der Waals surface area contributed by atoms with Gasteiger partial charge < -0.3 is 10.6 Å². The Morgan fingerprint density at radius 1 is 1.31 bits per heavy atom. The first-order valence-electron chi connectivity index (χ1n) is 4.93. The lowest BCUT2D eigenvalue weighted by atomic mass is 9.94. The summed E-state index contributed by atoms with van der Waals surface area (Å²) in [6.45, 7) is 4.45. The molecule has 0 aliphatic carbocycles. The second-order valence-electron chi connectivity index (χ2n) is 4.05. The molecule has 0 bridgehead atoms. The first kappa shape index (κ1) is 7.39. The molecule has 0 saturated carbocycles. The predicted octanol–water partition coefficient (Wildman–Crippen LogP) is 1.48. The quantitative estimate of drug-likeness (QED) is 0.622. The molecule has 2 N–H and O–H groups in total. The van der Waals surface area contributed by atoms with Crippen LogP contribution in [0.15, 0.2) is 18.2 Å². The summed E-state index contributed by atoms with van der Waals surface area (Å²) in [5.74, 6) is 0.705. The van der Waals surface area contributed by atoms with Crippen LogP contribution < -0.4 is 10.6 Å². The van der Waals surface area contributed by atoms with E-state index >= 15 is 0 Å². The third-order valence-electron chi connectivity index (χ3n) is 3.25. The molecule has 2 atom stereocenters. The Morgan fingerprint density at radius 3 is 3.15 bits per heavy atom. The number of benzene rings is 1. The Hall–Kier alpha value is -1.02. The topological polar surface area (TPSA) is 24.1 Å². The molecule has 0 amide bonds.